The lowest BCUT2D eigenvalue weighted by atomic mass is 9.89. The van der Waals surface area contributed by atoms with Crippen LogP contribution in [0.1, 0.15) is 36.0 Å². The van der Waals surface area contributed by atoms with E-state index in [0.29, 0.717) is 5.56 Å². The van der Waals surface area contributed by atoms with E-state index in [1.165, 1.54) is 11.1 Å². The number of aromatic nitrogens is 1. The van der Waals surface area contributed by atoms with Crippen LogP contribution in [0.2, 0.25) is 0 Å². The Balaban J connectivity index is 1.75. The number of imide groups is 1. The molecule has 2 atom stereocenters. The highest BCUT2D eigenvalue weighted by Gasteiger charge is 2.41. The summed E-state index contributed by atoms with van der Waals surface area (Å²) in [5.41, 5.74) is 0.456. The van der Waals surface area contributed by atoms with Crippen molar-refractivity contribution in [2.24, 2.45) is 0 Å². The van der Waals surface area contributed by atoms with Crippen molar-refractivity contribution in [1.29, 1.82) is 0 Å². The van der Waals surface area contributed by atoms with Gasteiger partial charge in [-0.05, 0) is 34.8 Å². The Morgan fingerprint density at radius 1 is 1.30 bits per heavy atom. The van der Waals surface area contributed by atoms with Crippen molar-refractivity contribution in [3.63, 3.8) is 0 Å². The van der Waals surface area contributed by atoms with Gasteiger partial charge in [0, 0.05) is 16.9 Å². The van der Waals surface area contributed by atoms with Crippen molar-refractivity contribution in [3.05, 3.63) is 28.5 Å². The van der Waals surface area contributed by atoms with Crippen LogP contribution in [0.4, 0.5) is 4.79 Å². The van der Waals surface area contributed by atoms with E-state index in [-0.39, 0.29) is 34.9 Å². The molecule has 6 nitrogen and oxygen atoms in total. The second-order valence-corrected chi connectivity index (χ2v) is 7.48. The molecule has 1 aromatic rings. The first-order valence-corrected chi connectivity index (χ1v) is 9.24. The normalized spacial score (nSPS) is 24.8. The Morgan fingerprint density at radius 2 is 2.09 bits per heavy atom. The predicted octanol–water partition coefficient (Wildman–Crippen LogP) is 2.58. The summed E-state index contributed by atoms with van der Waals surface area (Å²) in [6.45, 7) is 0. The third-order valence-electron chi connectivity index (χ3n) is 4.13. The van der Waals surface area contributed by atoms with Crippen LogP contribution in [0.5, 0.6) is 0 Å². The lowest BCUT2D eigenvalue weighted by Gasteiger charge is -2.36. The summed E-state index contributed by atoms with van der Waals surface area (Å²) in [7, 11) is 0. The molecule has 122 valence electrons. The molecule has 0 spiro atoms. The number of amides is 3. The largest absolute Gasteiger partial charge is 0.347 e. The Morgan fingerprint density at radius 3 is 2.78 bits per heavy atom. The summed E-state index contributed by atoms with van der Waals surface area (Å²) in [5.74, 6) is -0.191. The van der Waals surface area contributed by atoms with Gasteiger partial charge in [-0.15, -0.1) is 0 Å². The number of carbonyl (C=O) groups excluding carboxylic acids is 3. The molecule has 8 heteroatoms. The number of nitrogens with one attached hydrogen (secondary N) is 1. The topological polar surface area (TPSA) is 79.4 Å². The quantitative estimate of drug-likeness (QED) is 0.847. The molecule has 1 saturated heterocycles. The van der Waals surface area contributed by atoms with E-state index in [1.807, 2.05) is 0 Å². The number of hydrogen-bond acceptors (Lipinski definition) is 5. The van der Waals surface area contributed by atoms with Gasteiger partial charge < -0.3 is 5.32 Å². The van der Waals surface area contributed by atoms with E-state index in [4.69, 9.17) is 0 Å². The number of thioether (sulfide) groups is 1. The standard InChI is InChI=1S/C15H16BrN3O3S/c16-10-5-9(6-17-7-10)14(21)18-11-3-1-2-4-12(11)19-13(20)8-23-15(19)22/h5-7,11-12H,1-4,8H2,(H,18,21)/t11-,12+/m1/s1. The molecule has 23 heavy (non-hydrogen) atoms. The Labute approximate surface area is 146 Å². The van der Waals surface area contributed by atoms with Crippen molar-refractivity contribution >= 4 is 44.7 Å². The minimum atomic E-state index is -0.247. The van der Waals surface area contributed by atoms with E-state index in [0.717, 1.165) is 41.9 Å². The molecule has 2 heterocycles. The molecule has 0 bridgehead atoms. The summed E-state index contributed by atoms with van der Waals surface area (Å²) in [4.78, 5) is 41.7. The Bertz CT molecular complexity index is 639. The molecule has 1 aromatic heterocycles. The van der Waals surface area contributed by atoms with Crippen molar-refractivity contribution in [1.82, 2.24) is 15.2 Å². The highest BCUT2D eigenvalue weighted by Crippen LogP contribution is 2.30. The number of carbonyl (C=O) groups is 3. The van der Waals surface area contributed by atoms with Crippen LogP contribution in [-0.2, 0) is 4.79 Å². The summed E-state index contributed by atoms with van der Waals surface area (Å²) in [6, 6.07) is 1.24. The van der Waals surface area contributed by atoms with E-state index < -0.39 is 0 Å². The lowest BCUT2D eigenvalue weighted by Crippen LogP contribution is -2.54. The number of nitrogens with zero attached hydrogens (tertiary/aromatic N) is 2. The molecule has 1 aliphatic carbocycles. The highest BCUT2D eigenvalue weighted by atomic mass is 79.9. The third kappa shape index (κ3) is 3.58. The van der Waals surface area contributed by atoms with E-state index >= 15 is 0 Å². The van der Waals surface area contributed by atoms with Crippen molar-refractivity contribution in [3.8, 4) is 0 Å². The van der Waals surface area contributed by atoms with E-state index in [1.54, 1.807) is 12.3 Å². The van der Waals surface area contributed by atoms with Crippen molar-refractivity contribution < 1.29 is 14.4 Å². The predicted molar refractivity (Wildman–Crippen MR) is 90.1 cm³/mol. The molecule has 0 unspecified atom stereocenters. The maximum atomic E-state index is 12.4. The van der Waals surface area contributed by atoms with Gasteiger partial charge in [0.2, 0.25) is 5.91 Å². The van der Waals surface area contributed by atoms with Crippen LogP contribution in [0.25, 0.3) is 0 Å². The van der Waals surface area contributed by atoms with Gasteiger partial charge in [0.1, 0.15) is 0 Å². The molecular weight excluding hydrogens is 382 g/mol. The average molecular weight is 398 g/mol. The summed E-state index contributed by atoms with van der Waals surface area (Å²) < 4.78 is 0.728. The zero-order valence-corrected chi connectivity index (χ0v) is 14.7. The molecular formula is C15H16BrN3O3S. The molecule has 0 radical (unpaired) electrons. The first-order chi connectivity index (χ1) is 11.1. The van der Waals surface area contributed by atoms with Gasteiger partial charge in [-0.3, -0.25) is 24.3 Å². The smallest absolute Gasteiger partial charge is 0.289 e. The third-order valence-corrected chi connectivity index (χ3v) is 5.40. The molecule has 3 amide bonds. The molecule has 2 aliphatic rings. The maximum Gasteiger partial charge on any atom is 0.289 e. The fourth-order valence-electron chi connectivity index (χ4n) is 3.06. The number of hydrogen-bond donors (Lipinski definition) is 1. The first kappa shape index (κ1) is 16.4. The number of pyridine rings is 1. The fourth-order valence-corrected chi connectivity index (χ4v) is 4.19. The van der Waals surface area contributed by atoms with Crippen molar-refractivity contribution in [2.75, 3.05) is 5.75 Å². The van der Waals surface area contributed by atoms with Gasteiger partial charge in [-0.2, -0.15) is 0 Å². The lowest BCUT2D eigenvalue weighted by molar-refractivity contribution is -0.127. The minimum absolute atomic E-state index is 0.157. The van der Waals surface area contributed by atoms with Gasteiger partial charge in [0.15, 0.2) is 0 Å². The van der Waals surface area contributed by atoms with Gasteiger partial charge >= 0.3 is 0 Å². The highest BCUT2D eigenvalue weighted by molar-refractivity contribution is 9.10. The first-order valence-electron chi connectivity index (χ1n) is 7.46. The number of halogens is 1. The Kier molecular flexibility index (Phi) is 5.01. The summed E-state index contributed by atoms with van der Waals surface area (Å²) >= 11 is 4.33. The molecule has 1 saturated carbocycles. The molecule has 1 N–H and O–H groups in total. The molecule has 1 aliphatic heterocycles. The second kappa shape index (κ2) is 7.00. The summed E-state index contributed by atoms with van der Waals surface area (Å²) in [5, 5.41) is 2.77. The van der Waals surface area contributed by atoms with Crippen LogP contribution in [-0.4, -0.2) is 44.8 Å². The number of rotatable bonds is 3. The van der Waals surface area contributed by atoms with Gasteiger partial charge in [0.25, 0.3) is 11.1 Å². The maximum absolute atomic E-state index is 12.4. The van der Waals surface area contributed by atoms with Crippen LogP contribution < -0.4 is 5.32 Å². The molecule has 2 fully saturated rings. The zero-order valence-electron chi connectivity index (χ0n) is 12.3. The van der Waals surface area contributed by atoms with Gasteiger partial charge in [0.05, 0.1) is 23.4 Å². The fraction of sp³-hybridized carbons (Fsp3) is 0.467. The van der Waals surface area contributed by atoms with E-state index in [9.17, 15) is 14.4 Å². The molecule has 0 aromatic carbocycles. The average Bonchev–Trinajstić information content (AvgIpc) is 2.87. The Hall–Kier alpha value is -1.41. The second-order valence-electron chi connectivity index (χ2n) is 5.64. The zero-order chi connectivity index (χ0) is 16.4. The SMILES string of the molecule is O=C(N[C@@H]1CCCC[C@@H]1N1C(=O)CSC1=O)c1cncc(Br)c1. The van der Waals surface area contributed by atoms with Crippen LogP contribution in [0.3, 0.4) is 0 Å². The summed E-state index contributed by atoms with van der Waals surface area (Å²) in [6.07, 6.45) is 6.54. The molecule has 3 rings (SSSR count). The van der Waals surface area contributed by atoms with Crippen LogP contribution >= 0.6 is 27.7 Å². The van der Waals surface area contributed by atoms with Crippen LogP contribution in [0.15, 0.2) is 22.9 Å². The van der Waals surface area contributed by atoms with Gasteiger partial charge in [-0.1, -0.05) is 24.6 Å². The van der Waals surface area contributed by atoms with Crippen LogP contribution in [0, 0.1) is 0 Å². The van der Waals surface area contributed by atoms with Crippen molar-refractivity contribution in [2.45, 2.75) is 37.8 Å². The monoisotopic (exact) mass is 397 g/mol. The van der Waals surface area contributed by atoms with E-state index in [2.05, 4.69) is 26.2 Å². The minimum Gasteiger partial charge on any atom is -0.347 e. The van der Waals surface area contributed by atoms with Gasteiger partial charge in [-0.25, -0.2) is 0 Å².